The number of anilines is 1. The van der Waals surface area contributed by atoms with Crippen molar-refractivity contribution in [2.75, 3.05) is 5.32 Å². The largest absolute Gasteiger partial charge is 0.543 e. The number of hydrogen-bond donors (Lipinski definition) is 1. The molecule has 214 valence electrons. The number of carbonyl (C=O) groups is 2. The van der Waals surface area contributed by atoms with Crippen LogP contribution in [0.15, 0.2) is 78.3 Å². The highest BCUT2D eigenvalue weighted by molar-refractivity contribution is 7.13. The number of carbonyl (C=O) groups excluding carboxylic acids is 2. The van der Waals surface area contributed by atoms with Crippen molar-refractivity contribution in [3.05, 3.63) is 112 Å². The quantitative estimate of drug-likeness (QED) is 0.186. The Labute approximate surface area is 250 Å². The lowest BCUT2D eigenvalue weighted by molar-refractivity contribution is -0.120. The normalized spacial score (nSPS) is 13.7. The van der Waals surface area contributed by atoms with Crippen LogP contribution in [-0.2, 0) is 11.3 Å². The topological polar surface area (TPSA) is 71.5 Å². The first kappa shape index (κ1) is 29.2. The Morgan fingerprint density at radius 3 is 2.50 bits per heavy atom. The number of nitrogens with zero attached hydrogens (tertiary/aromatic N) is 2. The molecule has 3 aromatic carbocycles. The smallest absolute Gasteiger partial charge is 0.255 e. The Balaban J connectivity index is 1.54. The first-order valence-corrected chi connectivity index (χ1v) is 17.4. The number of nitrogens with one attached hydrogen (secondary N) is 1. The van der Waals surface area contributed by atoms with Crippen LogP contribution in [0.4, 0.5) is 9.52 Å². The van der Waals surface area contributed by atoms with Crippen LogP contribution in [0.3, 0.4) is 0 Å². The van der Waals surface area contributed by atoms with Gasteiger partial charge in [-0.15, -0.1) is 11.3 Å². The van der Waals surface area contributed by atoms with E-state index in [0.717, 1.165) is 11.1 Å². The van der Waals surface area contributed by atoms with E-state index in [9.17, 15) is 14.0 Å². The van der Waals surface area contributed by atoms with E-state index in [0.29, 0.717) is 27.6 Å². The minimum absolute atomic E-state index is 0.145. The Kier molecular flexibility index (Phi) is 8.04. The number of halogens is 1. The predicted molar refractivity (Wildman–Crippen MR) is 166 cm³/mol. The zero-order chi connectivity index (χ0) is 30.1. The number of amides is 2. The summed E-state index contributed by atoms with van der Waals surface area (Å²) in [5.74, 6) is 5.27. The molecule has 1 aromatic heterocycles. The molecule has 1 unspecified atom stereocenters. The predicted octanol–water partition coefficient (Wildman–Crippen LogP) is 7.40. The van der Waals surface area contributed by atoms with E-state index < -0.39 is 26.1 Å². The first-order valence-electron chi connectivity index (χ1n) is 13.6. The zero-order valence-corrected chi connectivity index (χ0v) is 26.0. The van der Waals surface area contributed by atoms with Crippen LogP contribution in [-0.4, -0.2) is 30.0 Å². The maximum Gasteiger partial charge on any atom is 0.255 e. The number of aromatic nitrogens is 1. The lowest BCUT2D eigenvalue weighted by Gasteiger charge is -2.38. The molecule has 42 heavy (non-hydrogen) atoms. The second-order valence-electron chi connectivity index (χ2n) is 11.7. The van der Waals surface area contributed by atoms with Crippen LogP contribution >= 0.6 is 11.3 Å². The molecular weight excluding hydrogens is 566 g/mol. The van der Waals surface area contributed by atoms with Crippen molar-refractivity contribution in [3.63, 3.8) is 0 Å². The van der Waals surface area contributed by atoms with E-state index in [1.54, 1.807) is 23.7 Å². The molecule has 1 N–H and O–H groups in total. The Morgan fingerprint density at radius 2 is 1.81 bits per heavy atom. The standard InChI is InChI=1S/C33H32FN3O3SSi/c1-33(2,3)42(4,5)40-28-16-15-25(34)20-27(28)29(30(38)36-32-35-17-18-41-32)37-21-24-14-13-23(19-26(24)31(37)39)12-11-22-9-7-6-8-10-22/h6-10,13-20,29H,21H2,1-5H3,(H,35,36,38). The highest BCUT2D eigenvalue weighted by atomic mass is 32.1. The molecule has 1 aliphatic heterocycles. The molecule has 1 aliphatic rings. The van der Waals surface area contributed by atoms with Gasteiger partial charge in [-0.2, -0.15) is 0 Å². The molecule has 0 spiro atoms. The molecule has 1 atom stereocenters. The van der Waals surface area contributed by atoms with Gasteiger partial charge in [0.25, 0.3) is 11.8 Å². The van der Waals surface area contributed by atoms with E-state index in [4.69, 9.17) is 4.43 Å². The molecule has 6 nitrogen and oxygen atoms in total. The molecule has 2 amide bonds. The van der Waals surface area contributed by atoms with Crippen molar-refractivity contribution in [2.45, 2.75) is 51.5 Å². The molecular formula is C33H32FN3O3SSi. The second kappa shape index (κ2) is 11.5. The van der Waals surface area contributed by atoms with Gasteiger partial charge in [0.05, 0.1) is 0 Å². The van der Waals surface area contributed by atoms with Gasteiger partial charge < -0.3 is 9.33 Å². The highest BCUT2D eigenvalue weighted by Crippen LogP contribution is 2.42. The van der Waals surface area contributed by atoms with Crippen LogP contribution in [0, 0.1) is 17.7 Å². The van der Waals surface area contributed by atoms with E-state index in [1.165, 1.54) is 28.4 Å². The van der Waals surface area contributed by atoms with Crippen molar-refractivity contribution in [3.8, 4) is 17.6 Å². The van der Waals surface area contributed by atoms with Crippen molar-refractivity contribution < 1.29 is 18.4 Å². The van der Waals surface area contributed by atoms with Crippen LogP contribution in [0.25, 0.3) is 0 Å². The van der Waals surface area contributed by atoms with Gasteiger partial charge in [0.1, 0.15) is 17.6 Å². The molecule has 0 radical (unpaired) electrons. The Morgan fingerprint density at radius 1 is 1.07 bits per heavy atom. The third-order valence-electron chi connectivity index (χ3n) is 7.73. The number of benzene rings is 3. The Bertz CT molecular complexity index is 1690. The van der Waals surface area contributed by atoms with Gasteiger partial charge in [-0.1, -0.05) is 56.9 Å². The first-order chi connectivity index (χ1) is 19.9. The van der Waals surface area contributed by atoms with E-state index in [2.05, 4.69) is 56.0 Å². The minimum atomic E-state index is -2.39. The summed E-state index contributed by atoms with van der Waals surface area (Å²) in [7, 11) is -2.39. The molecule has 0 fully saturated rings. The molecule has 5 rings (SSSR count). The Hall–Kier alpha value is -4.26. The summed E-state index contributed by atoms with van der Waals surface area (Å²) in [5, 5.41) is 4.80. The van der Waals surface area contributed by atoms with Crippen molar-refractivity contribution in [2.24, 2.45) is 0 Å². The van der Waals surface area contributed by atoms with Crippen LogP contribution < -0.4 is 9.74 Å². The van der Waals surface area contributed by atoms with Gasteiger partial charge in [-0.3, -0.25) is 14.9 Å². The van der Waals surface area contributed by atoms with E-state index in [-0.39, 0.29) is 17.5 Å². The summed E-state index contributed by atoms with van der Waals surface area (Å²) in [6.45, 7) is 10.7. The number of rotatable bonds is 6. The van der Waals surface area contributed by atoms with E-state index in [1.807, 2.05) is 42.5 Å². The molecule has 4 aromatic rings. The lowest BCUT2D eigenvalue weighted by atomic mass is 10.0. The fraction of sp³-hybridized carbons (Fsp3) is 0.242. The monoisotopic (exact) mass is 597 g/mol. The fourth-order valence-corrected chi connectivity index (χ4v) is 6.01. The molecule has 0 saturated heterocycles. The van der Waals surface area contributed by atoms with Crippen molar-refractivity contribution in [1.29, 1.82) is 0 Å². The second-order valence-corrected chi connectivity index (χ2v) is 17.3. The summed E-state index contributed by atoms with van der Waals surface area (Å²) in [6.07, 6.45) is 1.58. The summed E-state index contributed by atoms with van der Waals surface area (Å²) in [6, 6.07) is 18.1. The summed E-state index contributed by atoms with van der Waals surface area (Å²) in [4.78, 5) is 33.5. The van der Waals surface area contributed by atoms with E-state index >= 15 is 0 Å². The average molecular weight is 598 g/mol. The molecule has 0 saturated carbocycles. The average Bonchev–Trinajstić information content (AvgIpc) is 3.57. The van der Waals surface area contributed by atoms with Crippen molar-refractivity contribution >= 4 is 36.6 Å². The zero-order valence-electron chi connectivity index (χ0n) is 24.2. The third kappa shape index (κ3) is 6.15. The highest BCUT2D eigenvalue weighted by Gasteiger charge is 2.43. The van der Waals surface area contributed by atoms with Gasteiger partial charge in [-0.05, 0) is 66.2 Å². The number of fused-ring (bicyclic) bond motifs is 1. The SMILES string of the molecule is CC(C)(C)[Si](C)(C)Oc1ccc(F)cc1C(C(=O)Nc1nccs1)N1Cc2ccc(C#Cc3ccccc3)cc2C1=O. The van der Waals surface area contributed by atoms with Crippen LogP contribution in [0.2, 0.25) is 18.1 Å². The number of thiazole rings is 1. The minimum Gasteiger partial charge on any atom is -0.543 e. The maximum atomic E-state index is 14.8. The summed E-state index contributed by atoms with van der Waals surface area (Å²) < 4.78 is 21.4. The fourth-order valence-electron chi connectivity index (χ4n) is 4.44. The van der Waals surface area contributed by atoms with Gasteiger partial charge in [-0.25, -0.2) is 9.37 Å². The summed E-state index contributed by atoms with van der Waals surface area (Å²) in [5.41, 5.74) is 3.07. The molecule has 0 bridgehead atoms. The molecule has 0 aliphatic carbocycles. The lowest BCUT2D eigenvalue weighted by Crippen LogP contribution is -2.45. The van der Waals surface area contributed by atoms with Gasteiger partial charge >= 0.3 is 0 Å². The van der Waals surface area contributed by atoms with Crippen molar-refractivity contribution in [1.82, 2.24) is 9.88 Å². The summed E-state index contributed by atoms with van der Waals surface area (Å²) >= 11 is 1.26. The van der Waals surface area contributed by atoms with Crippen LogP contribution in [0.5, 0.6) is 5.75 Å². The third-order valence-corrected chi connectivity index (χ3v) is 12.8. The van der Waals surface area contributed by atoms with Gasteiger partial charge in [0, 0.05) is 40.4 Å². The number of hydrogen-bond acceptors (Lipinski definition) is 5. The van der Waals surface area contributed by atoms with Crippen LogP contribution in [0.1, 0.15) is 59.4 Å². The molecule has 2 heterocycles. The molecule has 9 heteroatoms. The van der Waals surface area contributed by atoms with Gasteiger partial charge in [0.15, 0.2) is 5.13 Å². The maximum absolute atomic E-state index is 14.8. The van der Waals surface area contributed by atoms with Gasteiger partial charge in [0.2, 0.25) is 8.32 Å².